The van der Waals surface area contributed by atoms with E-state index in [1.54, 1.807) is 18.7 Å². The van der Waals surface area contributed by atoms with E-state index in [1.165, 1.54) is 0 Å². The fraction of sp³-hybridized carbons (Fsp3) is 0.857. The molecular formula is C7H12O2S. The van der Waals surface area contributed by atoms with Crippen LogP contribution in [-0.2, 0) is 4.79 Å². The molecule has 1 saturated heterocycles. The molecule has 0 aliphatic carbocycles. The van der Waals surface area contributed by atoms with Crippen molar-refractivity contribution in [2.24, 2.45) is 5.92 Å². The average Bonchev–Trinajstić information content (AvgIpc) is 1.88. The number of thioether (sulfide) groups is 1. The SMILES string of the molecule is CC(=O)[C@@H]1CSCC[C@@H]1O. The number of hydrogen-bond acceptors (Lipinski definition) is 3. The molecule has 10 heavy (non-hydrogen) atoms. The Bertz CT molecular complexity index is 136. The number of ketones is 1. The highest BCUT2D eigenvalue weighted by atomic mass is 32.2. The molecular weight excluding hydrogens is 148 g/mol. The van der Waals surface area contributed by atoms with Gasteiger partial charge >= 0.3 is 0 Å². The molecule has 0 saturated carbocycles. The molecule has 3 heteroatoms. The zero-order valence-electron chi connectivity index (χ0n) is 6.04. The smallest absolute Gasteiger partial charge is 0.136 e. The van der Waals surface area contributed by atoms with E-state index < -0.39 is 0 Å². The third kappa shape index (κ3) is 1.73. The second-order valence-corrected chi connectivity index (χ2v) is 3.80. The molecule has 0 aromatic rings. The topological polar surface area (TPSA) is 37.3 Å². The molecule has 1 fully saturated rings. The first kappa shape index (κ1) is 8.08. The lowest BCUT2D eigenvalue weighted by atomic mass is 9.98. The lowest BCUT2D eigenvalue weighted by Gasteiger charge is -2.24. The highest BCUT2D eigenvalue weighted by Gasteiger charge is 2.26. The maximum atomic E-state index is 10.8. The molecule has 0 aromatic carbocycles. The van der Waals surface area contributed by atoms with Gasteiger partial charge in [-0.2, -0.15) is 11.8 Å². The van der Waals surface area contributed by atoms with Gasteiger partial charge in [-0.05, 0) is 19.1 Å². The Labute approximate surface area is 65.0 Å². The number of aliphatic hydroxyl groups excluding tert-OH is 1. The minimum absolute atomic E-state index is 0.0984. The van der Waals surface area contributed by atoms with Crippen molar-refractivity contribution >= 4 is 17.5 Å². The summed E-state index contributed by atoms with van der Waals surface area (Å²) in [5.74, 6) is 1.82. The van der Waals surface area contributed by atoms with Crippen LogP contribution >= 0.6 is 11.8 Å². The fourth-order valence-corrected chi connectivity index (χ4v) is 2.40. The van der Waals surface area contributed by atoms with Crippen molar-refractivity contribution in [3.8, 4) is 0 Å². The van der Waals surface area contributed by atoms with Crippen LogP contribution in [0.15, 0.2) is 0 Å². The van der Waals surface area contributed by atoms with Gasteiger partial charge in [0.05, 0.1) is 12.0 Å². The molecule has 1 heterocycles. The second-order valence-electron chi connectivity index (χ2n) is 2.65. The molecule has 0 unspecified atom stereocenters. The highest BCUT2D eigenvalue weighted by molar-refractivity contribution is 7.99. The third-order valence-corrected chi connectivity index (χ3v) is 2.96. The van der Waals surface area contributed by atoms with Gasteiger partial charge in [0.1, 0.15) is 5.78 Å². The van der Waals surface area contributed by atoms with E-state index in [4.69, 9.17) is 0 Å². The predicted octanol–water partition coefficient (Wildman–Crippen LogP) is 0.689. The summed E-state index contributed by atoms with van der Waals surface area (Å²) < 4.78 is 0. The van der Waals surface area contributed by atoms with Crippen LogP contribution in [-0.4, -0.2) is 28.5 Å². The van der Waals surface area contributed by atoms with E-state index >= 15 is 0 Å². The van der Waals surface area contributed by atoms with Crippen LogP contribution in [0.4, 0.5) is 0 Å². The zero-order chi connectivity index (χ0) is 7.56. The van der Waals surface area contributed by atoms with Crippen molar-refractivity contribution in [2.75, 3.05) is 11.5 Å². The van der Waals surface area contributed by atoms with Crippen molar-refractivity contribution in [1.29, 1.82) is 0 Å². The molecule has 1 aliphatic rings. The minimum atomic E-state index is -0.376. The standard InChI is InChI=1S/C7H12O2S/c1-5(8)6-4-10-3-2-7(6)9/h6-7,9H,2-4H2,1H3/t6-,7-/m0/s1. The van der Waals surface area contributed by atoms with Crippen LogP contribution in [0.25, 0.3) is 0 Å². The Morgan fingerprint density at radius 3 is 2.80 bits per heavy atom. The lowest BCUT2D eigenvalue weighted by Crippen LogP contribution is -2.32. The molecule has 0 bridgehead atoms. The number of aliphatic hydroxyl groups is 1. The first-order chi connectivity index (χ1) is 4.72. The second kappa shape index (κ2) is 3.39. The summed E-state index contributed by atoms with van der Waals surface area (Å²) in [5.41, 5.74) is 0. The van der Waals surface area contributed by atoms with Crippen LogP contribution in [0.1, 0.15) is 13.3 Å². The summed E-state index contributed by atoms with van der Waals surface area (Å²) >= 11 is 1.75. The van der Waals surface area contributed by atoms with Crippen LogP contribution in [0.5, 0.6) is 0 Å². The maximum Gasteiger partial charge on any atom is 0.136 e. The van der Waals surface area contributed by atoms with Gasteiger partial charge in [-0.3, -0.25) is 4.79 Å². The van der Waals surface area contributed by atoms with Gasteiger partial charge < -0.3 is 5.11 Å². The summed E-state index contributed by atoms with van der Waals surface area (Å²) in [6.07, 6.45) is 0.397. The molecule has 0 amide bonds. The highest BCUT2D eigenvalue weighted by Crippen LogP contribution is 2.23. The van der Waals surface area contributed by atoms with Gasteiger partial charge in [0, 0.05) is 5.75 Å². The van der Waals surface area contributed by atoms with Gasteiger partial charge in [-0.15, -0.1) is 0 Å². The molecule has 0 spiro atoms. The molecule has 1 N–H and O–H groups in total. The first-order valence-electron chi connectivity index (χ1n) is 3.48. The Balaban J connectivity index is 2.47. The quantitative estimate of drug-likeness (QED) is 0.613. The van der Waals surface area contributed by atoms with Crippen molar-refractivity contribution in [1.82, 2.24) is 0 Å². The Morgan fingerprint density at radius 1 is 1.70 bits per heavy atom. The third-order valence-electron chi connectivity index (χ3n) is 1.84. The number of carbonyl (C=O) groups excluding carboxylic acids is 1. The van der Waals surface area contributed by atoms with Crippen LogP contribution in [0, 0.1) is 5.92 Å². The summed E-state index contributed by atoms with van der Waals surface area (Å²) in [4.78, 5) is 10.8. The van der Waals surface area contributed by atoms with E-state index in [0.29, 0.717) is 0 Å². The number of Topliss-reactive ketones (excluding diaryl/α,β-unsaturated/α-hetero) is 1. The monoisotopic (exact) mass is 160 g/mol. The Hall–Kier alpha value is -0.0200. The van der Waals surface area contributed by atoms with E-state index in [2.05, 4.69) is 0 Å². The number of carbonyl (C=O) groups is 1. The van der Waals surface area contributed by atoms with Gasteiger partial charge in [0.2, 0.25) is 0 Å². The zero-order valence-corrected chi connectivity index (χ0v) is 6.86. The summed E-state index contributed by atoms with van der Waals surface area (Å²) in [5, 5.41) is 9.31. The van der Waals surface area contributed by atoms with Crippen molar-refractivity contribution < 1.29 is 9.90 Å². The molecule has 0 aromatic heterocycles. The van der Waals surface area contributed by atoms with Gasteiger partial charge in [0.15, 0.2) is 0 Å². The molecule has 1 rings (SSSR count). The average molecular weight is 160 g/mol. The molecule has 2 atom stereocenters. The van der Waals surface area contributed by atoms with E-state index in [1.807, 2.05) is 0 Å². The van der Waals surface area contributed by atoms with E-state index in [9.17, 15) is 9.90 Å². The Kier molecular flexibility index (Phi) is 2.74. The van der Waals surface area contributed by atoms with Crippen LogP contribution in [0.2, 0.25) is 0 Å². The Morgan fingerprint density at radius 2 is 2.40 bits per heavy atom. The summed E-state index contributed by atoms with van der Waals surface area (Å²) in [6, 6.07) is 0. The molecule has 0 radical (unpaired) electrons. The fourth-order valence-electron chi connectivity index (χ4n) is 1.11. The van der Waals surface area contributed by atoms with E-state index in [-0.39, 0.29) is 17.8 Å². The van der Waals surface area contributed by atoms with Gasteiger partial charge in [-0.25, -0.2) is 0 Å². The summed E-state index contributed by atoms with van der Waals surface area (Å²) in [6.45, 7) is 1.56. The molecule has 58 valence electrons. The van der Waals surface area contributed by atoms with Crippen molar-refractivity contribution in [3.63, 3.8) is 0 Å². The van der Waals surface area contributed by atoms with Crippen LogP contribution < -0.4 is 0 Å². The maximum absolute atomic E-state index is 10.8. The predicted molar refractivity (Wildman–Crippen MR) is 42.1 cm³/mol. The van der Waals surface area contributed by atoms with Crippen LogP contribution in [0.3, 0.4) is 0 Å². The van der Waals surface area contributed by atoms with E-state index in [0.717, 1.165) is 17.9 Å². The largest absolute Gasteiger partial charge is 0.392 e. The van der Waals surface area contributed by atoms with Crippen molar-refractivity contribution in [2.45, 2.75) is 19.4 Å². The molecule has 2 nitrogen and oxygen atoms in total. The number of hydrogen-bond donors (Lipinski definition) is 1. The minimum Gasteiger partial charge on any atom is -0.392 e. The normalized spacial score (nSPS) is 33.8. The number of rotatable bonds is 1. The van der Waals surface area contributed by atoms with Gasteiger partial charge in [-0.1, -0.05) is 0 Å². The lowest BCUT2D eigenvalue weighted by molar-refractivity contribution is -0.123. The van der Waals surface area contributed by atoms with Gasteiger partial charge in [0.25, 0.3) is 0 Å². The summed E-state index contributed by atoms with van der Waals surface area (Å²) in [7, 11) is 0. The first-order valence-corrected chi connectivity index (χ1v) is 4.63. The molecule has 1 aliphatic heterocycles. The van der Waals surface area contributed by atoms with Crippen molar-refractivity contribution in [3.05, 3.63) is 0 Å².